The number of aliphatic hydroxyl groups excluding tert-OH is 1. The minimum absolute atomic E-state index is 0.0631. The first kappa shape index (κ1) is 12.6. The molecule has 0 bridgehead atoms. The van der Waals surface area contributed by atoms with Gasteiger partial charge in [0, 0.05) is 12.5 Å². The lowest BCUT2D eigenvalue weighted by atomic mass is 10.2. The molecule has 0 saturated carbocycles. The van der Waals surface area contributed by atoms with Crippen molar-refractivity contribution in [3.63, 3.8) is 0 Å². The van der Waals surface area contributed by atoms with Crippen LogP contribution in [0.2, 0.25) is 0 Å². The number of amides is 1. The second-order valence-corrected chi connectivity index (χ2v) is 3.56. The van der Waals surface area contributed by atoms with Crippen molar-refractivity contribution in [1.82, 2.24) is 0 Å². The van der Waals surface area contributed by atoms with Gasteiger partial charge in [0.2, 0.25) is 5.91 Å². The predicted molar refractivity (Wildman–Crippen MR) is 55.9 cm³/mol. The number of anilines is 1. The highest BCUT2D eigenvalue weighted by atomic mass is 19.1. The molecule has 0 aromatic heterocycles. The van der Waals surface area contributed by atoms with Gasteiger partial charge < -0.3 is 10.4 Å². The number of hydrogen-bond acceptors (Lipinski definition) is 2. The van der Waals surface area contributed by atoms with Crippen molar-refractivity contribution in [1.29, 1.82) is 0 Å². The smallest absolute Gasteiger partial charge is 0.224 e. The highest BCUT2D eigenvalue weighted by Crippen LogP contribution is 2.15. The molecule has 0 fully saturated rings. The van der Waals surface area contributed by atoms with E-state index in [1.807, 2.05) is 0 Å². The third kappa shape index (κ3) is 3.94. The van der Waals surface area contributed by atoms with Crippen LogP contribution in [0.5, 0.6) is 0 Å². The van der Waals surface area contributed by atoms with Gasteiger partial charge in [-0.1, -0.05) is 0 Å². The van der Waals surface area contributed by atoms with Crippen molar-refractivity contribution >= 4 is 11.6 Å². The van der Waals surface area contributed by atoms with E-state index in [0.29, 0.717) is 0 Å². The van der Waals surface area contributed by atoms with E-state index in [-0.39, 0.29) is 18.5 Å². The minimum atomic E-state index is -0.688. The lowest BCUT2D eigenvalue weighted by Gasteiger charge is -2.07. The molecular formula is C11H13F2NO2. The van der Waals surface area contributed by atoms with Crippen LogP contribution < -0.4 is 5.32 Å². The maximum absolute atomic E-state index is 13.1. The van der Waals surface area contributed by atoms with Gasteiger partial charge in [-0.15, -0.1) is 0 Å². The zero-order chi connectivity index (χ0) is 12.1. The van der Waals surface area contributed by atoms with E-state index >= 15 is 0 Å². The van der Waals surface area contributed by atoms with Crippen molar-refractivity contribution in [2.24, 2.45) is 0 Å². The number of benzene rings is 1. The molecular weight excluding hydrogens is 216 g/mol. The van der Waals surface area contributed by atoms with Gasteiger partial charge in [-0.05, 0) is 25.5 Å². The van der Waals surface area contributed by atoms with E-state index in [4.69, 9.17) is 5.11 Å². The third-order valence-corrected chi connectivity index (χ3v) is 1.99. The molecule has 3 nitrogen and oxygen atoms in total. The molecule has 0 aliphatic rings. The first-order valence-electron chi connectivity index (χ1n) is 4.92. The summed E-state index contributed by atoms with van der Waals surface area (Å²) in [5.74, 6) is -1.76. The fourth-order valence-electron chi connectivity index (χ4n) is 1.15. The normalized spacial score (nSPS) is 12.2. The summed E-state index contributed by atoms with van der Waals surface area (Å²) in [6.45, 7) is 1.55. The standard InChI is InChI=1S/C11H13F2NO2/c1-7(15)2-5-11(16)14-10-6-8(12)3-4-9(10)13/h3-4,6-7,15H,2,5H2,1H3,(H,14,16). The fourth-order valence-corrected chi connectivity index (χ4v) is 1.15. The molecule has 2 N–H and O–H groups in total. The lowest BCUT2D eigenvalue weighted by Crippen LogP contribution is -2.15. The molecule has 0 saturated heterocycles. The van der Waals surface area contributed by atoms with Crippen LogP contribution in [-0.2, 0) is 4.79 Å². The quantitative estimate of drug-likeness (QED) is 0.830. The SMILES string of the molecule is CC(O)CCC(=O)Nc1cc(F)ccc1F. The maximum atomic E-state index is 13.1. The van der Waals surface area contributed by atoms with Crippen LogP contribution in [0, 0.1) is 11.6 Å². The number of nitrogens with one attached hydrogen (secondary N) is 1. The van der Waals surface area contributed by atoms with E-state index in [9.17, 15) is 13.6 Å². The summed E-state index contributed by atoms with van der Waals surface area (Å²) in [5, 5.41) is 11.2. The number of carbonyl (C=O) groups excluding carboxylic acids is 1. The Kier molecular flexibility index (Phi) is 4.37. The molecule has 0 aliphatic heterocycles. The second kappa shape index (κ2) is 5.55. The first-order valence-corrected chi connectivity index (χ1v) is 4.92. The van der Waals surface area contributed by atoms with Gasteiger partial charge in [-0.25, -0.2) is 8.78 Å². The summed E-state index contributed by atoms with van der Waals surface area (Å²) in [6.07, 6.45) is -0.251. The molecule has 88 valence electrons. The monoisotopic (exact) mass is 229 g/mol. The van der Waals surface area contributed by atoms with E-state index < -0.39 is 23.6 Å². The summed E-state index contributed by atoms with van der Waals surface area (Å²) in [7, 11) is 0. The average molecular weight is 229 g/mol. The summed E-state index contributed by atoms with van der Waals surface area (Å²) in [5.41, 5.74) is -0.185. The highest BCUT2D eigenvalue weighted by Gasteiger charge is 2.09. The molecule has 0 aliphatic carbocycles. The van der Waals surface area contributed by atoms with Crippen molar-refractivity contribution in [3.8, 4) is 0 Å². The molecule has 0 spiro atoms. The Morgan fingerprint density at radius 1 is 1.50 bits per heavy atom. The average Bonchev–Trinajstić information content (AvgIpc) is 2.20. The van der Waals surface area contributed by atoms with Crippen molar-refractivity contribution in [3.05, 3.63) is 29.8 Å². The summed E-state index contributed by atoms with van der Waals surface area (Å²) >= 11 is 0. The fraction of sp³-hybridized carbons (Fsp3) is 0.364. The van der Waals surface area contributed by atoms with Gasteiger partial charge in [-0.3, -0.25) is 4.79 Å². The Morgan fingerprint density at radius 3 is 2.81 bits per heavy atom. The lowest BCUT2D eigenvalue weighted by molar-refractivity contribution is -0.116. The van der Waals surface area contributed by atoms with Crippen molar-refractivity contribution in [2.45, 2.75) is 25.9 Å². The molecule has 0 radical (unpaired) electrons. The summed E-state index contributed by atoms with van der Waals surface area (Å²) in [6, 6.07) is 2.83. The van der Waals surface area contributed by atoms with Crippen LogP contribution in [0.4, 0.5) is 14.5 Å². The van der Waals surface area contributed by atoms with Crippen LogP contribution in [0.3, 0.4) is 0 Å². The minimum Gasteiger partial charge on any atom is -0.393 e. The Bertz CT molecular complexity index is 380. The number of halogens is 2. The number of aliphatic hydroxyl groups is 1. The highest BCUT2D eigenvalue weighted by molar-refractivity contribution is 5.90. The predicted octanol–water partition coefficient (Wildman–Crippen LogP) is 2.06. The Hall–Kier alpha value is -1.49. The maximum Gasteiger partial charge on any atom is 0.224 e. The second-order valence-electron chi connectivity index (χ2n) is 3.56. The van der Waals surface area contributed by atoms with E-state index in [0.717, 1.165) is 18.2 Å². The zero-order valence-electron chi connectivity index (χ0n) is 8.84. The molecule has 1 atom stereocenters. The topological polar surface area (TPSA) is 49.3 Å². The number of rotatable bonds is 4. The molecule has 16 heavy (non-hydrogen) atoms. The number of carbonyl (C=O) groups is 1. The van der Waals surface area contributed by atoms with Gasteiger partial charge in [0.05, 0.1) is 11.8 Å². The first-order chi connectivity index (χ1) is 7.49. The van der Waals surface area contributed by atoms with Crippen molar-refractivity contribution in [2.75, 3.05) is 5.32 Å². The van der Waals surface area contributed by atoms with Crippen LogP contribution in [0.1, 0.15) is 19.8 Å². The van der Waals surface area contributed by atoms with Crippen LogP contribution in [-0.4, -0.2) is 17.1 Å². The molecule has 1 aromatic carbocycles. The van der Waals surface area contributed by atoms with Crippen molar-refractivity contribution < 1.29 is 18.7 Å². The van der Waals surface area contributed by atoms with Gasteiger partial charge in [0.1, 0.15) is 11.6 Å². The Balaban J connectivity index is 2.59. The van der Waals surface area contributed by atoms with Gasteiger partial charge in [-0.2, -0.15) is 0 Å². The van der Waals surface area contributed by atoms with Gasteiger partial charge in [0.15, 0.2) is 0 Å². The molecule has 0 heterocycles. The van der Waals surface area contributed by atoms with Crippen LogP contribution in [0.15, 0.2) is 18.2 Å². The van der Waals surface area contributed by atoms with E-state index in [1.54, 1.807) is 6.92 Å². The summed E-state index contributed by atoms with van der Waals surface area (Å²) < 4.78 is 25.9. The van der Waals surface area contributed by atoms with Crippen LogP contribution >= 0.6 is 0 Å². The molecule has 1 unspecified atom stereocenters. The zero-order valence-corrected chi connectivity index (χ0v) is 8.84. The van der Waals surface area contributed by atoms with E-state index in [1.165, 1.54) is 0 Å². The van der Waals surface area contributed by atoms with Gasteiger partial charge >= 0.3 is 0 Å². The Labute approximate surface area is 92.1 Å². The molecule has 1 rings (SSSR count). The van der Waals surface area contributed by atoms with Gasteiger partial charge in [0.25, 0.3) is 0 Å². The molecule has 1 amide bonds. The summed E-state index contributed by atoms with van der Waals surface area (Å²) in [4.78, 5) is 11.3. The molecule has 5 heteroatoms. The Morgan fingerprint density at radius 2 is 2.19 bits per heavy atom. The largest absolute Gasteiger partial charge is 0.393 e. The third-order valence-electron chi connectivity index (χ3n) is 1.99. The van der Waals surface area contributed by atoms with Crippen LogP contribution in [0.25, 0.3) is 0 Å². The number of hydrogen-bond donors (Lipinski definition) is 2. The molecule has 1 aromatic rings. The van der Waals surface area contributed by atoms with E-state index in [2.05, 4.69) is 5.32 Å².